The highest BCUT2D eigenvalue weighted by Gasteiger charge is 2.26. The van der Waals surface area contributed by atoms with E-state index in [1.807, 2.05) is 20.8 Å². The molecule has 0 radical (unpaired) electrons. The first kappa shape index (κ1) is 22.1. The maximum absolute atomic E-state index is 12.9. The van der Waals surface area contributed by atoms with Crippen LogP contribution in [0.1, 0.15) is 26.3 Å². The van der Waals surface area contributed by atoms with E-state index in [0.29, 0.717) is 36.0 Å². The number of carbonyl (C=O) groups is 3. The Morgan fingerprint density at radius 2 is 1.84 bits per heavy atom. The van der Waals surface area contributed by atoms with E-state index < -0.39 is 17.4 Å². The Labute approximate surface area is 180 Å². The second-order valence-corrected chi connectivity index (χ2v) is 8.13. The van der Waals surface area contributed by atoms with Crippen LogP contribution in [0.2, 0.25) is 0 Å². The molecule has 0 bridgehead atoms. The smallest absolute Gasteiger partial charge is 0.313 e. The number of amides is 3. The predicted octanol–water partition coefficient (Wildman–Crippen LogP) is 1.73. The maximum Gasteiger partial charge on any atom is 0.313 e. The fourth-order valence-electron chi connectivity index (χ4n) is 2.99. The summed E-state index contributed by atoms with van der Waals surface area (Å²) in [5.74, 6) is -0.982. The summed E-state index contributed by atoms with van der Waals surface area (Å²) in [6.07, 6.45) is 3.19. The van der Waals surface area contributed by atoms with Crippen LogP contribution >= 0.6 is 0 Å². The molecule has 1 aliphatic heterocycles. The van der Waals surface area contributed by atoms with Crippen molar-refractivity contribution in [2.24, 2.45) is 0 Å². The Morgan fingerprint density at radius 1 is 1.10 bits per heavy atom. The lowest BCUT2D eigenvalue weighted by molar-refractivity contribution is -0.145. The lowest BCUT2D eigenvalue weighted by atomic mass is 10.1. The standard InChI is InChI=1S/C22H26N4O5/c1-22(2,3)25-19(27)14-26(13-15-5-4-8-23-12-15)21(29)20(28)24-16-6-7-17-18(11-16)31-10-9-30-17/h4-8,11-12H,9-10,13-14H2,1-3H3,(H,24,28)(H,25,27). The van der Waals surface area contributed by atoms with Crippen LogP contribution in [0.5, 0.6) is 11.5 Å². The molecule has 164 valence electrons. The van der Waals surface area contributed by atoms with Gasteiger partial charge in [0.25, 0.3) is 0 Å². The average Bonchev–Trinajstić information content (AvgIpc) is 2.72. The first-order chi connectivity index (χ1) is 14.7. The minimum Gasteiger partial charge on any atom is -0.486 e. The van der Waals surface area contributed by atoms with Crippen LogP contribution in [0.25, 0.3) is 0 Å². The number of nitrogens with zero attached hydrogens (tertiary/aromatic N) is 2. The summed E-state index contributed by atoms with van der Waals surface area (Å²) in [4.78, 5) is 43.2. The third-order valence-corrected chi connectivity index (χ3v) is 4.23. The van der Waals surface area contributed by atoms with Crippen molar-refractivity contribution in [3.63, 3.8) is 0 Å². The first-order valence-electron chi connectivity index (χ1n) is 9.91. The molecular formula is C22H26N4O5. The molecule has 1 aromatic carbocycles. The minimum absolute atomic E-state index is 0.0682. The van der Waals surface area contributed by atoms with E-state index in [1.165, 1.54) is 4.90 Å². The minimum atomic E-state index is -0.857. The van der Waals surface area contributed by atoms with Gasteiger partial charge < -0.3 is 25.0 Å². The Balaban J connectivity index is 1.73. The maximum atomic E-state index is 12.9. The lowest BCUT2D eigenvalue weighted by Crippen LogP contribution is -2.49. The number of rotatable bonds is 5. The van der Waals surface area contributed by atoms with Crippen molar-refractivity contribution in [2.45, 2.75) is 32.9 Å². The summed E-state index contributed by atoms with van der Waals surface area (Å²) >= 11 is 0. The molecule has 0 spiro atoms. The number of benzene rings is 1. The number of carbonyl (C=O) groups excluding carboxylic acids is 3. The Bertz CT molecular complexity index is 956. The second kappa shape index (κ2) is 9.46. The van der Waals surface area contributed by atoms with Crippen LogP contribution < -0.4 is 20.1 Å². The Morgan fingerprint density at radius 3 is 2.52 bits per heavy atom. The van der Waals surface area contributed by atoms with Crippen molar-refractivity contribution in [3.05, 3.63) is 48.3 Å². The fourth-order valence-corrected chi connectivity index (χ4v) is 2.99. The SMILES string of the molecule is CC(C)(C)NC(=O)CN(Cc1cccnc1)C(=O)C(=O)Nc1ccc2c(c1)OCCO2. The number of nitrogens with one attached hydrogen (secondary N) is 2. The monoisotopic (exact) mass is 426 g/mol. The van der Waals surface area contributed by atoms with E-state index >= 15 is 0 Å². The average molecular weight is 426 g/mol. The number of fused-ring (bicyclic) bond motifs is 1. The van der Waals surface area contributed by atoms with Gasteiger partial charge in [0.15, 0.2) is 11.5 Å². The molecule has 2 N–H and O–H groups in total. The summed E-state index contributed by atoms with van der Waals surface area (Å²) in [6.45, 7) is 6.19. The third kappa shape index (κ3) is 6.43. The molecular weight excluding hydrogens is 400 g/mol. The van der Waals surface area contributed by atoms with Crippen LogP contribution in [0.4, 0.5) is 5.69 Å². The molecule has 1 aromatic heterocycles. The number of hydrogen-bond acceptors (Lipinski definition) is 6. The second-order valence-electron chi connectivity index (χ2n) is 8.13. The molecule has 1 aliphatic rings. The van der Waals surface area contributed by atoms with Crippen molar-refractivity contribution >= 4 is 23.4 Å². The largest absolute Gasteiger partial charge is 0.486 e. The van der Waals surface area contributed by atoms with Crippen LogP contribution in [0.3, 0.4) is 0 Å². The van der Waals surface area contributed by atoms with Crippen LogP contribution in [-0.2, 0) is 20.9 Å². The highest BCUT2D eigenvalue weighted by Crippen LogP contribution is 2.32. The van der Waals surface area contributed by atoms with Gasteiger partial charge >= 0.3 is 11.8 Å². The van der Waals surface area contributed by atoms with Gasteiger partial charge in [-0.05, 0) is 44.5 Å². The molecule has 3 rings (SSSR count). The number of pyridine rings is 1. The molecule has 0 unspecified atom stereocenters. The van der Waals surface area contributed by atoms with E-state index in [2.05, 4.69) is 15.6 Å². The van der Waals surface area contributed by atoms with Gasteiger partial charge in [-0.2, -0.15) is 0 Å². The third-order valence-electron chi connectivity index (χ3n) is 4.23. The van der Waals surface area contributed by atoms with Gasteiger partial charge in [0.1, 0.15) is 19.8 Å². The molecule has 0 fully saturated rings. The topological polar surface area (TPSA) is 110 Å². The van der Waals surface area contributed by atoms with Gasteiger partial charge in [0.2, 0.25) is 5.91 Å². The highest BCUT2D eigenvalue weighted by atomic mass is 16.6. The van der Waals surface area contributed by atoms with Crippen molar-refractivity contribution in [2.75, 3.05) is 25.1 Å². The fraction of sp³-hybridized carbons (Fsp3) is 0.364. The summed E-state index contributed by atoms with van der Waals surface area (Å²) < 4.78 is 11.0. The number of ether oxygens (including phenoxy) is 2. The van der Waals surface area contributed by atoms with Crippen molar-refractivity contribution in [1.82, 2.24) is 15.2 Å². The summed E-state index contributed by atoms with van der Waals surface area (Å²) in [7, 11) is 0. The van der Waals surface area contributed by atoms with Crippen LogP contribution in [0, 0.1) is 0 Å². The normalized spacial score (nSPS) is 12.6. The zero-order chi connectivity index (χ0) is 22.4. The molecule has 3 amide bonds. The van der Waals surface area contributed by atoms with E-state index in [0.717, 1.165) is 0 Å². The summed E-state index contributed by atoms with van der Waals surface area (Å²) in [5, 5.41) is 5.37. The molecule has 9 nitrogen and oxygen atoms in total. The molecule has 2 heterocycles. The zero-order valence-electron chi connectivity index (χ0n) is 17.8. The van der Waals surface area contributed by atoms with Crippen molar-refractivity contribution in [3.8, 4) is 11.5 Å². The highest BCUT2D eigenvalue weighted by molar-refractivity contribution is 6.39. The van der Waals surface area contributed by atoms with E-state index in [4.69, 9.17) is 9.47 Å². The molecule has 9 heteroatoms. The van der Waals surface area contributed by atoms with Gasteiger partial charge in [-0.25, -0.2) is 0 Å². The van der Waals surface area contributed by atoms with E-state index in [1.54, 1.807) is 42.7 Å². The Hall–Kier alpha value is -3.62. The van der Waals surface area contributed by atoms with Crippen LogP contribution in [-0.4, -0.2) is 52.9 Å². The molecule has 0 saturated heterocycles. The van der Waals surface area contributed by atoms with E-state index in [9.17, 15) is 14.4 Å². The molecule has 31 heavy (non-hydrogen) atoms. The Kier molecular flexibility index (Phi) is 6.74. The first-order valence-corrected chi connectivity index (χ1v) is 9.91. The summed E-state index contributed by atoms with van der Waals surface area (Å²) in [5.41, 5.74) is 0.628. The molecule has 0 aliphatic carbocycles. The quantitative estimate of drug-likeness (QED) is 0.705. The van der Waals surface area contributed by atoms with Gasteiger partial charge in [0, 0.05) is 36.2 Å². The van der Waals surface area contributed by atoms with Gasteiger partial charge in [-0.15, -0.1) is 0 Å². The van der Waals surface area contributed by atoms with Gasteiger partial charge in [0.05, 0.1) is 0 Å². The van der Waals surface area contributed by atoms with Crippen LogP contribution in [0.15, 0.2) is 42.7 Å². The number of anilines is 1. The lowest BCUT2D eigenvalue weighted by Gasteiger charge is -2.25. The van der Waals surface area contributed by atoms with Gasteiger partial charge in [-0.1, -0.05) is 6.07 Å². The molecule has 2 aromatic rings. The number of aromatic nitrogens is 1. The number of hydrogen-bond donors (Lipinski definition) is 2. The summed E-state index contributed by atoms with van der Waals surface area (Å²) in [6, 6.07) is 8.38. The zero-order valence-corrected chi connectivity index (χ0v) is 17.8. The molecule has 0 atom stereocenters. The van der Waals surface area contributed by atoms with Crippen molar-refractivity contribution < 1.29 is 23.9 Å². The van der Waals surface area contributed by atoms with Gasteiger partial charge in [-0.3, -0.25) is 19.4 Å². The predicted molar refractivity (Wildman–Crippen MR) is 114 cm³/mol. The molecule has 0 saturated carbocycles. The van der Waals surface area contributed by atoms with E-state index in [-0.39, 0.29) is 19.0 Å². The van der Waals surface area contributed by atoms with Crippen molar-refractivity contribution in [1.29, 1.82) is 0 Å².